The Labute approximate surface area is 150 Å². The molecule has 2 N–H and O–H groups in total. The number of alkyl halides is 3. The quantitative estimate of drug-likeness (QED) is 0.771. The van der Waals surface area contributed by atoms with Crippen molar-refractivity contribution in [3.63, 3.8) is 0 Å². The fraction of sp³-hybridized carbons (Fsp3) is 0.235. The molecule has 144 valence electrons. The number of nitrogens with zero attached hydrogens (tertiary/aromatic N) is 2. The third-order valence-electron chi connectivity index (χ3n) is 3.64. The molecule has 6 nitrogen and oxygen atoms in total. The van der Waals surface area contributed by atoms with Crippen LogP contribution in [0.2, 0.25) is 0 Å². The molecular formula is C17H15F4N3O3. The van der Waals surface area contributed by atoms with E-state index in [1.165, 1.54) is 12.1 Å². The number of halogens is 4. The number of pyridine rings is 1. The van der Waals surface area contributed by atoms with Gasteiger partial charge in [0.25, 0.3) is 5.56 Å². The number of hydrogen-bond acceptors (Lipinski definition) is 3. The largest absolute Gasteiger partial charge is 0.417 e. The van der Waals surface area contributed by atoms with Gasteiger partial charge in [-0.2, -0.15) is 13.2 Å². The zero-order chi connectivity index (χ0) is 20.2. The van der Waals surface area contributed by atoms with Gasteiger partial charge in [-0.05, 0) is 30.3 Å². The average molecular weight is 385 g/mol. The van der Waals surface area contributed by atoms with Gasteiger partial charge in [-0.3, -0.25) is 14.4 Å². The number of amides is 2. The third kappa shape index (κ3) is 5.40. The zero-order valence-electron chi connectivity index (χ0n) is 13.9. The molecule has 0 aliphatic rings. The summed E-state index contributed by atoms with van der Waals surface area (Å²) in [6.45, 7) is -0.869. The van der Waals surface area contributed by atoms with Gasteiger partial charge in [0.05, 0.1) is 5.56 Å². The number of nitrogens with two attached hydrogens (primary N) is 1. The Bertz CT molecular complexity index is 892. The second-order valence-corrected chi connectivity index (χ2v) is 5.62. The molecule has 0 fully saturated rings. The number of carbonyl (C=O) groups is 2. The lowest BCUT2D eigenvalue weighted by molar-refractivity contribution is -0.138. The first-order valence-corrected chi connectivity index (χ1v) is 7.70. The summed E-state index contributed by atoms with van der Waals surface area (Å²) in [5.41, 5.74) is 3.40. The van der Waals surface area contributed by atoms with E-state index in [1.54, 1.807) is 0 Å². The van der Waals surface area contributed by atoms with E-state index in [-0.39, 0.29) is 18.7 Å². The molecule has 0 saturated heterocycles. The molecule has 0 aliphatic carbocycles. The Morgan fingerprint density at radius 2 is 1.70 bits per heavy atom. The van der Waals surface area contributed by atoms with E-state index >= 15 is 0 Å². The molecule has 2 aromatic rings. The molecule has 0 spiro atoms. The second kappa shape index (κ2) is 8.02. The Morgan fingerprint density at radius 3 is 2.26 bits per heavy atom. The van der Waals surface area contributed by atoms with Crippen molar-refractivity contribution < 1.29 is 27.2 Å². The first kappa shape index (κ1) is 20.1. The number of aromatic nitrogens is 1. The maximum atomic E-state index is 13.1. The fourth-order valence-corrected chi connectivity index (χ4v) is 2.29. The standard InChI is InChI=1S/C17H15F4N3O3/c18-12-2-4-13(5-3-12)24(8-7-14(22)25)16(27)10-23-9-11(17(19,20)21)1-6-15(23)26/h1-6,9H,7-8,10H2,(H2,22,25). The van der Waals surface area contributed by atoms with Crippen LogP contribution in [0.25, 0.3) is 0 Å². The summed E-state index contributed by atoms with van der Waals surface area (Å²) < 4.78 is 52.1. The number of benzene rings is 1. The number of primary amides is 1. The maximum Gasteiger partial charge on any atom is 0.417 e. The molecule has 0 unspecified atom stereocenters. The van der Waals surface area contributed by atoms with Gasteiger partial charge in [-0.25, -0.2) is 4.39 Å². The van der Waals surface area contributed by atoms with Crippen molar-refractivity contribution in [3.8, 4) is 0 Å². The van der Waals surface area contributed by atoms with Gasteiger partial charge in [0.1, 0.15) is 12.4 Å². The van der Waals surface area contributed by atoms with Gasteiger partial charge >= 0.3 is 6.18 Å². The fourth-order valence-electron chi connectivity index (χ4n) is 2.29. The van der Waals surface area contributed by atoms with Crippen molar-refractivity contribution in [2.75, 3.05) is 11.4 Å². The normalized spacial score (nSPS) is 11.3. The Morgan fingerprint density at radius 1 is 1.07 bits per heavy atom. The lowest BCUT2D eigenvalue weighted by Gasteiger charge is -2.23. The van der Waals surface area contributed by atoms with Gasteiger partial charge in [-0.1, -0.05) is 0 Å². The summed E-state index contributed by atoms with van der Waals surface area (Å²) in [7, 11) is 0. The van der Waals surface area contributed by atoms with E-state index in [4.69, 9.17) is 5.73 Å². The molecule has 10 heteroatoms. The topological polar surface area (TPSA) is 85.4 Å². The van der Waals surface area contributed by atoms with E-state index in [0.29, 0.717) is 22.9 Å². The van der Waals surface area contributed by atoms with Gasteiger partial charge in [-0.15, -0.1) is 0 Å². The van der Waals surface area contributed by atoms with Gasteiger partial charge in [0.15, 0.2) is 0 Å². The molecule has 0 bridgehead atoms. The predicted octanol–water partition coefficient (Wildman–Crippen LogP) is 1.91. The van der Waals surface area contributed by atoms with E-state index in [2.05, 4.69) is 0 Å². The summed E-state index contributed by atoms with van der Waals surface area (Å²) in [5, 5.41) is 0. The van der Waals surface area contributed by atoms with Gasteiger partial charge < -0.3 is 15.2 Å². The lowest BCUT2D eigenvalue weighted by atomic mass is 10.2. The van der Waals surface area contributed by atoms with Crippen molar-refractivity contribution in [2.45, 2.75) is 19.1 Å². The predicted molar refractivity (Wildman–Crippen MR) is 88.3 cm³/mol. The van der Waals surface area contributed by atoms with Crippen molar-refractivity contribution >= 4 is 17.5 Å². The van der Waals surface area contributed by atoms with Crippen LogP contribution in [0, 0.1) is 5.82 Å². The molecule has 1 aromatic heterocycles. The second-order valence-electron chi connectivity index (χ2n) is 5.62. The van der Waals surface area contributed by atoms with Gasteiger partial charge in [0.2, 0.25) is 11.8 Å². The minimum atomic E-state index is -4.68. The SMILES string of the molecule is NC(=O)CCN(C(=O)Cn1cc(C(F)(F)F)ccc1=O)c1ccc(F)cc1. The molecular weight excluding hydrogens is 370 g/mol. The van der Waals surface area contributed by atoms with Crippen molar-refractivity contribution in [2.24, 2.45) is 5.73 Å². The van der Waals surface area contributed by atoms with Crippen LogP contribution < -0.4 is 16.2 Å². The van der Waals surface area contributed by atoms with Crippen LogP contribution in [0.5, 0.6) is 0 Å². The molecule has 0 radical (unpaired) electrons. The highest BCUT2D eigenvalue weighted by Gasteiger charge is 2.31. The van der Waals surface area contributed by atoms with E-state index in [9.17, 15) is 31.9 Å². The minimum Gasteiger partial charge on any atom is -0.370 e. The monoisotopic (exact) mass is 385 g/mol. The minimum absolute atomic E-state index is 0.173. The summed E-state index contributed by atoms with van der Waals surface area (Å²) in [6, 6.07) is 6.02. The Balaban J connectivity index is 2.31. The number of hydrogen-bond donors (Lipinski definition) is 1. The molecule has 1 heterocycles. The first-order valence-electron chi connectivity index (χ1n) is 7.70. The number of carbonyl (C=O) groups excluding carboxylic acids is 2. The average Bonchev–Trinajstić information content (AvgIpc) is 2.57. The summed E-state index contributed by atoms with van der Waals surface area (Å²) >= 11 is 0. The maximum absolute atomic E-state index is 13.1. The van der Waals surface area contributed by atoms with Crippen LogP contribution in [0.4, 0.5) is 23.2 Å². The molecule has 2 rings (SSSR count). The van der Waals surface area contributed by atoms with Crippen LogP contribution in [0.3, 0.4) is 0 Å². The van der Waals surface area contributed by atoms with Gasteiger partial charge in [0, 0.05) is 30.9 Å². The first-order chi connectivity index (χ1) is 12.6. The zero-order valence-corrected chi connectivity index (χ0v) is 13.9. The third-order valence-corrected chi connectivity index (χ3v) is 3.64. The lowest BCUT2D eigenvalue weighted by Crippen LogP contribution is -2.38. The van der Waals surface area contributed by atoms with E-state index in [0.717, 1.165) is 17.0 Å². The molecule has 27 heavy (non-hydrogen) atoms. The number of anilines is 1. The van der Waals surface area contributed by atoms with Crippen molar-refractivity contribution in [1.29, 1.82) is 0 Å². The smallest absolute Gasteiger partial charge is 0.370 e. The summed E-state index contributed by atoms with van der Waals surface area (Å²) in [4.78, 5) is 36.4. The van der Waals surface area contributed by atoms with Crippen LogP contribution in [-0.2, 0) is 22.3 Å². The Hall–Kier alpha value is -3.17. The highest BCUT2D eigenvalue weighted by molar-refractivity contribution is 5.93. The van der Waals surface area contributed by atoms with Crippen LogP contribution in [0.15, 0.2) is 47.4 Å². The molecule has 0 saturated carbocycles. The highest BCUT2D eigenvalue weighted by atomic mass is 19.4. The summed E-state index contributed by atoms with van der Waals surface area (Å²) in [5.74, 6) is -2.02. The molecule has 0 atom stereocenters. The van der Waals surface area contributed by atoms with Crippen LogP contribution in [-0.4, -0.2) is 22.9 Å². The van der Waals surface area contributed by atoms with Crippen molar-refractivity contribution in [3.05, 3.63) is 64.3 Å². The van der Waals surface area contributed by atoms with Crippen LogP contribution in [0.1, 0.15) is 12.0 Å². The summed E-state index contributed by atoms with van der Waals surface area (Å²) in [6.07, 6.45) is -4.36. The molecule has 2 amide bonds. The van der Waals surface area contributed by atoms with E-state index in [1.807, 2.05) is 0 Å². The molecule has 1 aromatic carbocycles. The molecule has 0 aliphatic heterocycles. The Kier molecular flexibility index (Phi) is 5.98. The highest BCUT2D eigenvalue weighted by Crippen LogP contribution is 2.28. The van der Waals surface area contributed by atoms with Crippen LogP contribution >= 0.6 is 0 Å². The van der Waals surface area contributed by atoms with Crippen molar-refractivity contribution in [1.82, 2.24) is 4.57 Å². The number of rotatable bonds is 6. The van der Waals surface area contributed by atoms with E-state index < -0.39 is 41.5 Å².